The third-order valence-electron chi connectivity index (χ3n) is 2.65. The molecule has 1 fully saturated rings. The van der Waals surface area contributed by atoms with Crippen molar-refractivity contribution < 1.29 is 14.2 Å². The molecule has 7 heteroatoms. The van der Waals surface area contributed by atoms with E-state index in [9.17, 15) is 0 Å². The summed E-state index contributed by atoms with van der Waals surface area (Å²) in [7, 11) is 3.00. The predicted molar refractivity (Wildman–Crippen MR) is 60.4 cm³/mol. The molecule has 2 unspecified atom stereocenters. The van der Waals surface area contributed by atoms with E-state index in [4.69, 9.17) is 14.2 Å². The molecule has 0 aromatic carbocycles. The quantitative estimate of drug-likeness (QED) is 0.819. The first-order valence-corrected chi connectivity index (χ1v) is 5.45. The van der Waals surface area contributed by atoms with Crippen LogP contribution in [0.1, 0.15) is 13.3 Å². The normalized spacial score (nSPS) is 23.5. The minimum atomic E-state index is 0.142. The summed E-state index contributed by atoms with van der Waals surface area (Å²) in [4.78, 5) is 12.1. The van der Waals surface area contributed by atoms with E-state index in [0.717, 1.165) is 13.0 Å². The van der Waals surface area contributed by atoms with Crippen LogP contribution in [0.5, 0.6) is 12.0 Å². The molecular formula is C10H16N4O3. The second-order valence-corrected chi connectivity index (χ2v) is 3.75. The van der Waals surface area contributed by atoms with Crippen LogP contribution in [-0.2, 0) is 4.74 Å². The molecule has 0 saturated carbocycles. The second kappa shape index (κ2) is 5.13. The maximum atomic E-state index is 5.45. The molecule has 0 bridgehead atoms. The number of hydrogen-bond donors (Lipinski definition) is 1. The molecule has 2 rings (SSSR count). The smallest absolute Gasteiger partial charge is 0.324 e. The Bertz CT molecular complexity index is 366. The van der Waals surface area contributed by atoms with Gasteiger partial charge in [-0.25, -0.2) is 0 Å². The van der Waals surface area contributed by atoms with Crippen molar-refractivity contribution in [3.63, 3.8) is 0 Å². The molecule has 2 atom stereocenters. The third-order valence-corrected chi connectivity index (χ3v) is 2.65. The van der Waals surface area contributed by atoms with Gasteiger partial charge in [0.05, 0.1) is 26.4 Å². The molecule has 1 aromatic rings. The minimum Gasteiger partial charge on any atom is -0.467 e. The molecule has 1 aliphatic heterocycles. The average molecular weight is 240 g/mol. The van der Waals surface area contributed by atoms with E-state index in [1.54, 1.807) is 0 Å². The molecule has 0 amide bonds. The lowest BCUT2D eigenvalue weighted by Crippen LogP contribution is -2.27. The molecule has 0 aliphatic carbocycles. The molecule has 1 saturated heterocycles. The van der Waals surface area contributed by atoms with E-state index in [2.05, 4.69) is 20.3 Å². The van der Waals surface area contributed by atoms with E-state index in [1.165, 1.54) is 14.2 Å². The van der Waals surface area contributed by atoms with Gasteiger partial charge in [0.2, 0.25) is 5.95 Å². The summed E-state index contributed by atoms with van der Waals surface area (Å²) in [6.45, 7) is 2.76. The van der Waals surface area contributed by atoms with Crippen molar-refractivity contribution in [3.8, 4) is 12.0 Å². The van der Waals surface area contributed by atoms with Crippen LogP contribution >= 0.6 is 0 Å². The zero-order valence-corrected chi connectivity index (χ0v) is 10.1. The number of nitrogens with zero attached hydrogens (tertiary/aromatic N) is 3. The Morgan fingerprint density at radius 3 is 2.29 bits per heavy atom. The molecule has 17 heavy (non-hydrogen) atoms. The molecule has 1 N–H and O–H groups in total. The second-order valence-electron chi connectivity index (χ2n) is 3.75. The largest absolute Gasteiger partial charge is 0.467 e. The fraction of sp³-hybridized carbons (Fsp3) is 0.700. The number of methoxy groups -OCH3 is 2. The van der Waals surface area contributed by atoms with Gasteiger partial charge in [0.1, 0.15) is 0 Å². The maximum absolute atomic E-state index is 5.45. The highest BCUT2D eigenvalue weighted by molar-refractivity contribution is 5.29. The lowest BCUT2D eigenvalue weighted by molar-refractivity contribution is 0.121. The van der Waals surface area contributed by atoms with Crippen molar-refractivity contribution in [3.05, 3.63) is 0 Å². The van der Waals surface area contributed by atoms with Crippen molar-refractivity contribution >= 4 is 5.95 Å². The van der Waals surface area contributed by atoms with Gasteiger partial charge in [0.15, 0.2) is 0 Å². The zero-order valence-electron chi connectivity index (χ0n) is 10.1. The Kier molecular flexibility index (Phi) is 3.58. The summed E-state index contributed by atoms with van der Waals surface area (Å²) < 4.78 is 15.4. The van der Waals surface area contributed by atoms with Crippen molar-refractivity contribution in [2.24, 2.45) is 0 Å². The Hall–Kier alpha value is -1.63. The summed E-state index contributed by atoms with van der Waals surface area (Å²) in [6, 6.07) is 0.656. The van der Waals surface area contributed by atoms with Gasteiger partial charge in [0.25, 0.3) is 0 Å². The molecule has 7 nitrogen and oxygen atoms in total. The summed E-state index contributed by atoms with van der Waals surface area (Å²) in [6.07, 6.45) is 1.07. The van der Waals surface area contributed by atoms with E-state index in [1.807, 2.05) is 6.92 Å². The fourth-order valence-corrected chi connectivity index (χ4v) is 1.67. The van der Waals surface area contributed by atoms with Crippen LogP contribution < -0.4 is 14.8 Å². The van der Waals surface area contributed by atoms with E-state index in [-0.39, 0.29) is 24.2 Å². The highest BCUT2D eigenvalue weighted by atomic mass is 16.5. The Balaban J connectivity index is 2.14. The first-order chi connectivity index (χ1) is 8.22. The lowest BCUT2D eigenvalue weighted by atomic mass is 10.2. The number of ether oxygens (including phenoxy) is 3. The summed E-state index contributed by atoms with van der Waals surface area (Å²) in [5.74, 6) is 0.441. The van der Waals surface area contributed by atoms with Gasteiger partial charge in [-0.2, -0.15) is 9.97 Å². The Morgan fingerprint density at radius 1 is 1.18 bits per heavy atom. The summed E-state index contributed by atoms with van der Waals surface area (Å²) in [5.41, 5.74) is 0. The van der Waals surface area contributed by atoms with Crippen LogP contribution in [0.4, 0.5) is 5.95 Å². The van der Waals surface area contributed by atoms with Crippen molar-refractivity contribution in [1.82, 2.24) is 15.0 Å². The third kappa shape index (κ3) is 2.73. The molecule has 94 valence electrons. The van der Waals surface area contributed by atoms with E-state index < -0.39 is 0 Å². The monoisotopic (exact) mass is 240 g/mol. The van der Waals surface area contributed by atoms with Crippen molar-refractivity contribution in [1.29, 1.82) is 0 Å². The van der Waals surface area contributed by atoms with Crippen LogP contribution in [0.15, 0.2) is 0 Å². The Labute approximate surface area is 99.5 Å². The standard InChI is InChI=1S/C10H16N4O3/c1-6-7(4-5-17-6)11-8-12-9(15-2)14-10(13-8)16-3/h6-7H,4-5H2,1-3H3,(H,11,12,13,14). The van der Waals surface area contributed by atoms with Crippen LogP contribution in [0.2, 0.25) is 0 Å². The first kappa shape index (κ1) is 11.8. The van der Waals surface area contributed by atoms with Gasteiger partial charge >= 0.3 is 12.0 Å². The maximum Gasteiger partial charge on any atom is 0.324 e. The molecular weight excluding hydrogens is 224 g/mol. The van der Waals surface area contributed by atoms with Gasteiger partial charge in [-0.1, -0.05) is 0 Å². The minimum absolute atomic E-state index is 0.142. The molecule has 0 spiro atoms. The summed E-state index contributed by atoms with van der Waals surface area (Å²) >= 11 is 0. The van der Waals surface area contributed by atoms with Gasteiger partial charge in [-0.15, -0.1) is 4.98 Å². The topological polar surface area (TPSA) is 78.4 Å². The highest BCUT2D eigenvalue weighted by Crippen LogP contribution is 2.19. The Morgan fingerprint density at radius 2 is 1.82 bits per heavy atom. The highest BCUT2D eigenvalue weighted by Gasteiger charge is 2.25. The molecule has 1 aromatic heterocycles. The van der Waals surface area contributed by atoms with Gasteiger partial charge in [-0.3, -0.25) is 0 Å². The lowest BCUT2D eigenvalue weighted by Gasteiger charge is -2.16. The van der Waals surface area contributed by atoms with Crippen molar-refractivity contribution in [2.45, 2.75) is 25.5 Å². The predicted octanol–water partition coefficient (Wildman–Crippen LogP) is 0.478. The van der Waals surface area contributed by atoms with E-state index in [0.29, 0.717) is 5.95 Å². The first-order valence-electron chi connectivity index (χ1n) is 5.45. The van der Waals surface area contributed by atoms with Crippen LogP contribution in [-0.4, -0.2) is 47.9 Å². The number of hydrogen-bond acceptors (Lipinski definition) is 7. The summed E-state index contributed by atoms with van der Waals surface area (Å²) in [5, 5.41) is 3.19. The van der Waals surface area contributed by atoms with Gasteiger partial charge < -0.3 is 19.5 Å². The number of aromatic nitrogens is 3. The van der Waals surface area contributed by atoms with Crippen LogP contribution in [0, 0.1) is 0 Å². The SMILES string of the molecule is COc1nc(NC2CCOC2C)nc(OC)n1. The van der Waals surface area contributed by atoms with Gasteiger partial charge in [-0.05, 0) is 13.3 Å². The van der Waals surface area contributed by atoms with Gasteiger partial charge in [0, 0.05) is 6.61 Å². The number of rotatable bonds is 4. The zero-order chi connectivity index (χ0) is 12.3. The van der Waals surface area contributed by atoms with Crippen LogP contribution in [0.25, 0.3) is 0 Å². The molecule has 1 aliphatic rings. The molecule has 2 heterocycles. The number of nitrogens with one attached hydrogen (secondary N) is 1. The number of anilines is 1. The average Bonchev–Trinajstić information content (AvgIpc) is 2.74. The van der Waals surface area contributed by atoms with Crippen LogP contribution in [0.3, 0.4) is 0 Å². The van der Waals surface area contributed by atoms with E-state index >= 15 is 0 Å². The fourth-order valence-electron chi connectivity index (χ4n) is 1.67. The van der Waals surface area contributed by atoms with Crippen molar-refractivity contribution in [2.75, 3.05) is 26.1 Å². The molecule has 0 radical (unpaired) electrons.